The molecule has 0 unspecified atom stereocenters. The third-order valence-corrected chi connectivity index (χ3v) is 8.29. The van der Waals surface area contributed by atoms with Crippen LogP contribution in [0.2, 0.25) is 0 Å². The van der Waals surface area contributed by atoms with E-state index >= 15 is 4.39 Å². The van der Waals surface area contributed by atoms with Crippen molar-refractivity contribution < 1.29 is 21.6 Å². The first-order valence-electron chi connectivity index (χ1n) is 12.4. The number of hydrogen-bond donors (Lipinski definition) is 2. The van der Waals surface area contributed by atoms with Crippen LogP contribution in [0.25, 0.3) is 22.0 Å². The molecule has 2 N–H and O–H groups in total. The van der Waals surface area contributed by atoms with Crippen LogP contribution in [-0.2, 0) is 10.0 Å². The van der Waals surface area contributed by atoms with E-state index in [9.17, 15) is 17.2 Å². The summed E-state index contributed by atoms with van der Waals surface area (Å²) in [6.45, 7) is 0. The van der Waals surface area contributed by atoms with Crippen LogP contribution in [0.1, 0.15) is 25.7 Å². The molecule has 204 valence electrons. The van der Waals surface area contributed by atoms with E-state index in [1.807, 2.05) is 4.72 Å². The van der Waals surface area contributed by atoms with Gasteiger partial charge in [-0.2, -0.15) is 0 Å². The summed E-state index contributed by atoms with van der Waals surface area (Å²) in [5, 5.41) is 3.95. The Morgan fingerprint density at radius 3 is 2.44 bits per heavy atom. The number of sulfonamides is 1. The van der Waals surface area contributed by atoms with Gasteiger partial charge >= 0.3 is 0 Å². The minimum atomic E-state index is -4.37. The van der Waals surface area contributed by atoms with E-state index in [-0.39, 0.29) is 11.6 Å². The Balaban J connectivity index is 1.38. The number of halogens is 3. The molecule has 1 fully saturated rings. The van der Waals surface area contributed by atoms with Crippen molar-refractivity contribution in [2.45, 2.75) is 42.7 Å². The fraction of sp³-hybridized carbons (Fsp3) is 0.296. The summed E-state index contributed by atoms with van der Waals surface area (Å²) >= 11 is 0. The lowest BCUT2D eigenvalue weighted by Crippen LogP contribution is -2.36. The minimum absolute atomic E-state index is 0.178. The lowest BCUT2D eigenvalue weighted by atomic mass is 9.91. The first-order chi connectivity index (χ1) is 18.6. The summed E-state index contributed by atoms with van der Waals surface area (Å²) < 4.78 is 71.0. The highest BCUT2D eigenvalue weighted by molar-refractivity contribution is 7.92. The molecule has 0 atom stereocenters. The van der Waals surface area contributed by atoms with Crippen LogP contribution in [0.5, 0.6) is 0 Å². The highest BCUT2D eigenvalue weighted by atomic mass is 32.2. The number of fused-ring (bicyclic) bond motifs is 1. The molecule has 2 aromatic carbocycles. The van der Waals surface area contributed by atoms with E-state index in [1.54, 1.807) is 12.3 Å². The molecule has 0 radical (unpaired) electrons. The highest BCUT2D eigenvalue weighted by Crippen LogP contribution is 2.33. The van der Waals surface area contributed by atoms with Gasteiger partial charge in [-0.3, -0.25) is 9.71 Å². The lowest BCUT2D eigenvalue weighted by molar-refractivity contribution is 0.221. The fourth-order valence-corrected chi connectivity index (χ4v) is 5.85. The molecular weight excluding hydrogens is 529 g/mol. The van der Waals surface area contributed by atoms with E-state index in [2.05, 4.69) is 39.3 Å². The van der Waals surface area contributed by atoms with Gasteiger partial charge in [0.05, 0.1) is 23.0 Å². The molecule has 0 aliphatic heterocycles. The summed E-state index contributed by atoms with van der Waals surface area (Å²) in [6.07, 6.45) is 7.55. The largest absolute Gasteiger partial charge is 0.351 e. The summed E-state index contributed by atoms with van der Waals surface area (Å²) in [4.78, 5) is 14.2. The van der Waals surface area contributed by atoms with Crippen LogP contribution in [-0.4, -0.2) is 54.4 Å². The number of hydrogen-bond acceptors (Lipinski definition) is 7. The zero-order valence-corrected chi connectivity index (χ0v) is 22.1. The number of benzene rings is 2. The molecule has 2 aromatic heterocycles. The second-order valence-corrected chi connectivity index (χ2v) is 11.5. The molecule has 8 nitrogen and oxygen atoms in total. The topological polar surface area (TPSA) is 100 Å². The van der Waals surface area contributed by atoms with Gasteiger partial charge in [0, 0.05) is 29.9 Å². The maximum Gasteiger partial charge on any atom is 0.263 e. The second kappa shape index (κ2) is 10.8. The lowest BCUT2D eigenvalue weighted by Gasteiger charge is -2.32. The molecule has 1 saturated carbocycles. The smallest absolute Gasteiger partial charge is 0.263 e. The van der Waals surface area contributed by atoms with Crippen LogP contribution in [0, 0.1) is 17.5 Å². The van der Waals surface area contributed by atoms with E-state index in [4.69, 9.17) is 0 Å². The van der Waals surface area contributed by atoms with Crippen molar-refractivity contribution in [2.24, 2.45) is 0 Å². The molecule has 1 aliphatic carbocycles. The Labute approximate surface area is 224 Å². The first kappa shape index (κ1) is 26.8. The molecule has 0 spiro atoms. The average molecular weight is 557 g/mol. The Morgan fingerprint density at radius 1 is 0.949 bits per heavy atom. The summed E-state index contributed by atoms with van der Waals surface area (Å²) in [7, 11) is -0.187. The molecule has 0 bridgehead atoms. The highest BCUT2D eigenvalue weighted by Gasteiger charge is 2.24. The number of anilines is 2. The van der Waals surface area contributed by atoms with Crippen LogP contribution >= 0.6 is 0 Å². The predicted molar refractivity (Wildman–Crippen MR) is 143 cm³/mol. The van der Waals surface area contributed by atoms with Gasteiger partial charge in [-0.15, -0.1) is 0 Å². The molecular formula is C27H27F3N6O2S. The van der Waals surface area contributed by atoms with Gasteiger partial charge in [0.1, 0.15) is 16.5 Å². The molecule has 39 heavy (non-hydrogen) atoms. The molecule has 4 aromatic rings. The van der Waals surface area contributed by atoms with Gasteiger partial charge in [-0.25, -0.2) is 31.6 Å². The van der Waals surface area contributed by atoms with Crippen molar-refractivity contribution in [1.82, 2.24) is 19.9 Å². The Bertz CT molecular complexity index is 1630. The van der Waals surface area contributed by atoms with Crippen molar-refractivity contribution in [3.63, 3.8) is 0 Å². The van der Waals surface area contributed by atoms with Crippen molar-refractivity contribution in [1.29, 1.82) is 0 Å². The van der Waals surface area contributed by atoms with Gasteiger partial charge in [-0.05, 0) is 75.7 Å². The van der Waals surface area contributed by atoms with E-state index in [0.29, 0.717) is 22.9 Å². The van der Waals surface area contributed by atoms with Crippen LogP contribution in [0.4, 0.5) is 24.8 Å². The normalized spacial score (nSPS) is 17.9. The number of rotatable bonds is 7. The Morgan fingerprint density at radius 2 is 1.72 bits per heavy atom. The second-order valence-electron chi connectivity index (χ2n) is 9.81. The summed E-state index contributed by atoms with van der Waals surface area (Å²) in [6, 6.07) is 8.21. The number of nitrogens with one attached hydrogen (secondary N) is 2. The standard InChI is InChI=1S/C27H27F3N6O2S/c1-36(2)20-6-4-19(5-7-20)33-27-32-13-17-11-16(3-9-23(17)34-27)25-22(29)8-10-24(26(25)30)35-39(37,38)21-12-18(28)14-31-15-21/h3,8-15,19-20,35H,4-7H2,1-2H3,(H,32,33,34)/t19-,20-. The monoisotopic (exact) mass is 556 g/mol. The molecule has 1 aliphatic rings. The molecule has 0 amide bonds. The zero-order chi connectivity index (χ0) is 27.7. The molecule has 0 saturated heterocycles. The van der Waals surface area contributed by atoms with Crippen LogP contribution in [0.15, 0.2) is 59.9 Å². The van der Waals surface area contributed by atoms with Gasteiger partial charge < -0.3 is 10.2 Å². The summed E-state index contributed by atoms with van der Waals surface area (Å²) in [5.41, 5.74) is -0.142. The number of nitrogens with zero attached hydrogens (tertiary/aromatic N) is 4. The first-order valence-corrected chi connectivity index (χ1v) is 13.9. The SMILES string of the molecule is CN(C)[C@H]1CC[C@H](Nc2ncc3cc(-c4c(F)ccc(NS(=O)(=O)c5cncc(F)c5)c4F)ccc3n2)CC1. The van der Waals surface area contributed by atoms with E-state index in [1.165, 1.54) is 12.1 Å². The van der Waals surface area contributed by atoms with Gasteiger partial charge in [0.15, 0.2) is 5.82 Å². The van der Waals surface area contributed by atoms with Crippen LogP contribution < -0.4 is 10.0 Å². The van der Waals surface area contributed by atoms with Gasteiger partial charge in [0.25, 0.3) is 10.0 Å². The Kier molecular flexibility index (Phi) is 7.41. The van der Waals surface area contributed by atoms with Crippen molar-refractivity contribution >= 4 is 32.6 Å². The van der Waals surface area contributed by atoms with Crippen LogP contribution in [0.3, 0.4) is 0 Å². The molecule has 12 heteroatoms. The average Bonchev–Trinajstić information content (AvgIpc) is 2.91. The summed E-state index contributed by atoms with van der Waals surface area (Å²) in [5.74, 6) is -2.37. The molecule has 5 rings (SSSR count). The zero-order valence-electron chi connectivity index (χ0n) is 21.3. The third-order valence-electron chi connectivity index (χ3n) is 6.95. The van der Waals surface area contributed by atoms with Crippen molar-refractivity contribution in [3.8, 4) is 11.1 Å². The van der Waals surface area contributed by atoms with Crippen molar-refractivity contribution in [3.05, 3.63) is 72.4 Å². The maximum absolute atomic E-state index is 15.4. The van der Waals surface area contributed by atoms with E-state index in [0.717, 1.165) is 56.3 Å². The van der Waals surface area contributed by atoms with E-state index < -0.39 is 43.6 Å². The minimum Gasteiger partial charge on any atom is -0.351 e. The fourth-order valence-electron chi connectivity index (χ4n) is 4.82. The third kappa shape index (κ3) is 5.81. The maximum atomic E-state index is 15.4. The van der Waals surface area contributed by atoms with Gasteiger partial charge in [-0.1, -0.05) is 6.07 Å². The number of aromatic nitrogens is 3. The van der Waals surface area contributed by atoms with Gasteiger partial charge in [0.2, 0.25) is 5.95 Å². The molecule has 2 heterocycles. The Hall–Kier alpha value is -3.77. The number of pyridine rings is 1. The quantitative estimate of drug-likeness (QED) is 0.323. The van der Waals surface area contributed by atoms with Crippen molar-refractivity contribution in [2.75, 3.05) is 24.1 Å². The predicted octanol–water partition coefficient (Wildman–Crippen LogP) is 5.19.